The number of rotatable bonds is 7. The first-order chi connectivity index (χ1) is 11.1. The van der Waals surface area contributed by atoms with Gasteiger partial charge in [-0.3, -0.25) is 4.79 Å². The normalized spacial score (nSPS) is 10.4. The molecule has 23 heavy (non-hydrogen) atoms. The van der Waals surface area contributed by atoms with Crippen LogP contribution in [0.4, 0.5) is 8.78 Å². The Morgan fingerprint density at radius 3 is 2.43 bits per heavy atom. The Kier molecular flexibility index (Phi) is 5.91. The molecule has 2 rings (SSSR count). The minimum Gasteiger partial charge on any atom is -0.493 e. The van der Waals surface area contributed by atoms with E-state index in [4.69, 9.17) is 4.74 Å². The largest absolute Gasteiger partial charge is 0.493 e. The lowest BCUT2D eigenvalue weighted by Crippen LogP contribution is -2.24. The SMILES string of the molecule is CCOc1ccccc1C(=O)NCc1ccccc1OC(F)F. The standard InChI is InChI=1S/C17H17F2NO3/c1-2-22-15-10-6-4-8-13(15)16(21)20-11-12-7-3-5-9-14(12)23-17(18)19/h3-10,17H,2,11H2,1H3,(H,20,21). The zero-order valence-electron chi connectivity index (χ0n) is 12.6. The van der Waals surface area contributed by atoms with Crippen molar-refractivity contribution >= 4 is 5.91 Å². The Morgan fingerprint density at radius 2 is 1.74 bits per heavy atom. The molecule has 0 saturated heterocycles. The summed E-state index contributed by atoms with van der Waals surface area (Å²) < 4.78 is 34.6. The van der Waals surface area contributed by atoms with Crippen LogP contribution in [0.3, 0.4) is 0 Å². The highest BCUT2D eigenvalue weighted by Gasteiger charge is 2.13. The first-order valence-corrected chi connectivity index (χ1v) is 7.14. The third-order valence-corrected chi connectivity index (χ3v) is 3.06. The Hall–Kier alpha value is -2.63. The second-order valence-electron chi connectivity index (χ2n) is 4.60. The Labute approximate surface area is 133 Å². The molecule has 1 amide bonds. The number of para-hydroxylation sites is 2. The number of carbonyl (C=O) groups is 1. The number of hydrogen-bond acceptors (Lipinski definition) is 3. The van der Waals surface area contributed by atoms with Gasteiger partial charge in [0.1, 0.15) is 11.5 Å². The number of benzene rings is 2. The van der Waals surface area contributed by atoms with Gasteiger partial charge in [0.25, 0.3) is 5.91 Å². The molecular formula is C17H17F2NO3. The molecule has 0 unspecified atom stereocenters. The lowest BCUT2D eigenvalue weighted by molar-refractivity contribution is -0.0504. The summed E-state index contributed by atoms with van der Waals surface area (Å²) in [6, 6.07) is 13.2. The third-order valence-electron chi connectivity index (χ3n) is 3.06. The third kappa shape index (κ3) is 4.67. The van der Waals surface area contributed by atoms with Crippen molar-refractivity contribution in [2.75, 3.05) is 6.61 Å². The van der Waals surface area contributed by atoms with E-state index in [0.29, 0.717) is 23.5 Å². The van der Waals surface area contributed by atoms with E-state index in [1.165, 1.54) is 6.07 Å². The fraction of sp³-hybridized carbons (Fsp3) is 0.235. The highest BCUT2D eigenvalue weighted by atomic mass is 19.3. The Morgan fingerprint density at radius 1 is 1.09 bits per heavy atom. The number of nitrogens with one attached hydrogen (secondary N) is 1. The minimum atomic E-state index is -2.91. The van der Waals surface area contributed by atoms with Crippen molar-refractivity contribution < 1.29 is 23.0 Å². The van der Waals surface area contributed by atoms with Gasteiger partial charge in [0.2, 0.25) is 0 Å². The molecule has 0 saturated carbocycles. The molecule has 0 atom stereocenters. The van der Waals surface area contributed by atoms with Gasteiger partial charge in [0, 0.05) is 12.1 Å². The molecule has 0 bridgehead atoms. The summed E-state index contributed by atoms with van der Waals surface area (Å²) in [7, 11) is 0. The van der Waals surface area contributed by atoms with Gasteiger partial charge in [-0.15, -0.1) is 0 Å². The molecule has 6 heteroatoms. The molecule has 122 valence electrons. The predicted molar refractivity (Wildman–Crippen MR) is 81.9 cm³/mol. The summed E-state index contributed by atoms with van der Waals surface area (Å²) in [5, 5.41) is 2.68. The maximum Gasteiger partial charge on any atom is 0.387 e. The van der Waals surface area contributed by atoms with Gasteiger partial charge in [-0.2, -0.15) is 8.78 Å². The van der Waals surface area contributed by atoms with E-state index in [-0.39, 0.29) is 18.2 Å². The average molecular weight is 321 g/mol. The molecule has 0 heterocycles. The van der Waals surface area contributed by atoms with Crippen molar-refractivity contribution in [2.24, 2.45) is 0 Å². The number of hydrogen-bond donors (Lipinski definition) is 1. The van der Waals surface area contributed by atoms with E-state index in [9.17, 15) is 13.6 Å². The molecule has 2 aromatic rings. The molecule has 0 aromatic heterocycles. The van der Waals surface area contributed by atoms with Crippen molar-refractivity contribution in [3.05, 3.63) is 59.7 Å². The zero-order chi connectivity index (χ0) is 16.7. The van der Waals surface area contributed by atoms with Crippen LogP contribution in [0.1, 0.15) is 22.8 Å². The molecule has 0 spiro atoms. The number of carbonyl (C=O) groups excluding carboxylic acids is 1. The van der Waals surface area contributed by atoms with Crippen molar-refractivity contribution in [3.63, 3.8) is 0 Å². The molecule has 0 radical (unpaired) electrons. The first-order valence-electron chi connectivity index (χ1n) is 7.14. The summed E-state index contributed by atoms with van der Waals surface area (Å²) in [6.07, 6.45) is 0. The maximum absolute atomic E-state index is 12.4. The van der Waals surface area contributed by atoms with E-state index in [1.807, 2.05) is 6.92 Å². The van der Waals surface area contributed by atoms with Crippen molar-refractivity contribution in [1.29, 1.82) is 0 Å². The quantitative estimate of drug-likeness (QED) is 0.847. The number of ether oxygens (including phenoxy) is 2. The van der Waals surface area contributed by atoms with Gasteiger partial charge in [0.05, 0.1) is 12.2 Å². The van der Waals surface area contributed by atoms with E-state index in [0.717, 1.165) is 0 Å². The van der Waals surface area contributed by atoms with Crippen LogP contribution in [0, 0.1) is 0 Å². The summed E-state index contributed by atoms with van der Waals surface area (Å²) in [4.78, 5) is 12.3. The van der Waals surface area contributed by atoms with Crippen LogP contribution in [0.25, 0.3) is 0 Å². The van der Waals surface area contributed by atoms with E-state index in [1.54, 1.807) is 42.5 Å². The molecule has 4 nitrogen and oxygen atoms in total. The molecule has 0 fully saturated rings. The summed E-state index contributed by atoms with van der Waals surface area (Å²) >= 11 is 0. The van der Waals surface area contributed by atoms with Crippen LogP contribution in [0.15, 0.2) is 48.5 Å². The van der Waals surface area contributed by atoms with E-state index >= 15 is 0 Å². The summed E-state index contributed by atoms with van der Waals surface area (Å²) in [5.74, 6) is 0.173. The Bertz CT molecular complexity index is 662. The molecule has 0 aliphatic carbocycles. The van der Waals surface area contributed by atoms with Gasteiger partial charge >= 0.3 is 6.61 Å². The fourth-order valence-corrected chi connectivity index (χ4v) is 2.07. The fourth-order valence-electron chi connectivity index (χ4n) is 2.07. The zero-order valence-corrected chi connectivity index (χ0v) is 12.6. The monoisotopic (exact) mass is 321 g/mol. The van der Waals surface area contributed by atoms with Crippen molar-refractivity contribution in [1.82, 2.24) is 5.32 Å². The minimum absolute atomic E-state index is 0.0425. The van der Waals surface area contributed by atoms with Crippen molar-refractivity contribution in [3.8, 4) is 11.5 Å². The summed E-state index contributed by atoms with van der Waals surface area (Å²) in [5.41, 5.74) is 0.858. The van der Waals surface area contributed by atoms with Crippen LogP contribution >= 0.6 is 0 Å². The molecule has 1 N–H and O–H groups in total. The highest BCUT2D eigenvalue weighted by Crippen LogP contribution is 2.21. The lowest BCUT2D eigenvalue weighted by atomic mass is 10.1. The second kappa shape index (κ2) is 8.12. The van der Waals surface area contributed by atoms with E-state index in [2.05, 4.69) is 10.1 Å². The number of alkyl halides is 2. The highest BCUT2D eigenvalue weighted by molar-refractivity contribution is 5.96. The van der Waals surface area contributed by atoms with Crippen LogP contribution in [0.2, 0.25) is 0 Å². The van der Waals surface area contributed by atoms with Gasteiger partial charge in [0.15, 0.2) is 0 Å². The van der Waals surface area contributed by atoms with Gasteiger partial charge in [-0.25, -0.2) is 0 Å². The first kappa shape index (κ1) is 16.7. The van der Waals surface area contributed by atoms with Crippen LogP contribution in [-0.2, 0) is 6.54 Å². The van der Waals surface area contributed by atoms with E-state index < -0.39 is 6.61 Å². The molecule has 0 aliphatic heterocycles. The molecule has 0 aliphatic rings. The van der Waals surface area contributed by atoms with Gasteiger partial charge < -0.3 is 14.8 Å². The molecule has 2 aromatic carbocycles. The lowest BCUT2D eigenvalue weighted by Gasteiger charge is -2.13. The van der Waals surface area contributed by atoms with Gasteiger partial charge in [-0.1, -0.05) is 30.3 Å². The number of amides is 1. The van der Waals surface area contributed by atoms with Crippen molar-refractivity contribution in [2.45, 2.75) is 20.1 Å². The maximum atomic E-state index is 12.4. The smallest absolute Gasteiger partial charge is 0.387 e. The van der Waals surface area contributed by atoms with Crippen LogP contribution in [-0.4, -0.2) is 19.1 Å². The number of halogens is 2. The molecular weight excluding hydrogens is 304 g/mol. The topological polar surface area (TPSA) is 47.6 Å². The Balaban J connectivity index is 2.08. The van der Waals surface area contributed by atoms with Crippen LogP contribution < -0.4 is 14.8 Å². The van der Waals surface area contributed by atoms with Gasteiger partial charge in [-0.05, 0) is 25.1 Å². The second-order valence-corrected chi connectivity index (χ2v) is 4.60. The van der Waals surface area contributed by atoms with Crippen LogP contribution in [0.5, 0.6) is 11.5 Å². The summed E-state index contributed by atoms with van der Waals surface area (Å²) in [6.45, 7) is -0.574. The predicted octanol–water partition coefficient (Wildman–Crippen LogP) is 3.62. The average Bonchev–Trinajstić information content (AvgIpc) is 2.54.